The Hall–Kier alpha value is -2.75. The predicted octanol–water partition coefficient (Wildman–Crippen LogP) is 3.16. The molecule has 0 radical (unpaired) electrons. The molecular formula is C13H8F3N3O. The Bertz CT molecular complexity index is 669. The van der Waals surface area contributed by atoms with Gasteiger partial charge in [-0.05, 0) is 30.3 Å². The van der Waals surface area contributed by atoms with Gasteiger partial charge in [-0.1, -0.05) is 0 Å². The molecule has 2 rings (SSSR count). The molecule has 0 aliphatic heterocycles. The van der Waals surface area contributed by atoms with Crippen LogP contribution in [0.3, 0.4) is 0 Å². The number of halogens is 3. The first-order valence-corrected chi connectivity index (χ1v) is 5.48. The van der Waals surface area contributed by atoms with Crippen LogP contribution in [0.2, 0.25) is 0 Å². The molecule has 2 N–H and O–H groups in total. The Labute approximate surface area is 111 Å². The van der Waals surface area contributed by atoms with Crippen molar-refractivity contribution in [1.29, 1.82) is 5.26 Å². The van der Waals surface area contributed by atoms with Gasteiger partial charge in [-0.3, -0.25) is 4.79 Å². The van der Waals surface area contributed by atoms with E-state index in [2.05, 4.69) is 10.3 Å². The zero-order valence-corrected chi connectivity index (χ0v) is 9.95. The highest BCUT2D eigenvalue weighted by atomic mass is 19.4. The van der Waals surface area contributed by atoms with Crippen molar-refractivity contribution in [2.75, 3.05) is 5.32 Å². The summed E-state index contributed by atoms with van der Waals surface area (Å²) < 4.78 is 38.3. The molecule has 0 aliphatic rings. The maximum absolute atomic E-state index is 12.8. The summed E-state index contributed by atoms with van der Waals surface area (Å²) in [5, 5.41) is 11.0. The standard InChI is InChI=1S/C13H8F3N3O/c14-13(15,16)10-6-9(4-3-8(10)7-17)19-12(20)11-2-1-5-18-11/h1-6,18H,(H,19,20). The second-order valence-electron chi connectivity index (χ2n) is 3.91. The summed E-state index contributed by atoms with van der Waals surface area (Å²) in [6.45, 7) is 0. The molecule has 0 saturated heterocycles. The number of nitrogens with zero attached hydrogens (tertiary/aromatic N) is 1. The van der Waals surface area contributed by atoms with Gasteiger partial charge in [-0.15, -0.1) is 0 Å². The monoisotopic (exact) mass is 279 g/mol. The van der Waals surface area contributed by atoms with E-state index in [9.17, 15) is 18.0 Å². The van der Waals surface area contributed by atoms with Gasteiger partial charge in [0.1, 0.15) is 5.69 Å². The topological polar surface area (TPSA) is 68.7 Å². The lowest BCUT2D eigenvalue weighted by Gasteiger charge is -2.11. The number of amides is 1. The zero-order chi connectivity index (χ0) is 14.8. The van der Waals surface area contributed by atoms with Crippen LogP contribution in [0.1, 0.15) is 21.6 Å². The van der Waals surface area contributed by atoms with Crippen molar-refractivity contribution in [3.8, 4) is 6.07 Å². The SMILES string of the molecule is N#Cc1ccc(NC(=O)c2ccc[nH]2)cc1C(F)(F)F. The summed E-state index contributed by atoms with van der Waals surface area (Å²) in [4.78, 5) is 14.3. The molecule has 0 unspecified atom stereocenters. The lowest BCUT2D eigenvalue weighted by atomic mass is 10.1. The van der Waals surface area contributed by atoms with E-state index >= 15 is 0 Å². The number of hydrogen-bond acceptors (Lipinski definition) is 2. The number of benzene rings is 1. The van der Waals surface area contributed by atoms with Crippen LogP contribution < -0.4 is 5.32 Å². The fourth-order valence-electron chi connectivity index (χ4n) is 1.62. The van der Waals surface area contributed by atoms with Crippen molar-refractivity contribution >= 4 is 11.6 Å². The summed E-state index contributed by atoms with van der Waals surface area (Å²) >= 11 is 0. The number of nitriles is 1. The summed E-state index contributed by atoms with van der Waals surface area (Å²) in [5.41, 5.74) is -1.38. The molecule has 0 spiro atoms. The van der Waals surface area contributed by atoms with E-state index in [4.69, 9.17) is 5.26 Å². The van der Waals surface area contributed by atoms with Crippen LogP contribution in [-0.4, -0.2) is 10.9 Å². The highest BCUT2D eigenvalue weighted by Crippen LogP contribution is 2.33. The third-order valence-corrected chi connectivity index (χ3v) is 2.55. The summed E-state index contributed by atoms with van der Waals surface area (Å²) in [7, 11) is 0. The van der Waals surface area contributed by atoms with Crippen LogP contribution in [0.4, 0.5) is 18.9 Å². The van der Waals surface area contributed by atoms with Gasteiger partial charge >= 0.3 is 6.18 Å². The molecule has 1 heterocycles. The number of anilines is 1. The van der Waals surface area contributed by atoms with Gasteiger partial charge in [0.15, 0.2) is 0 Å². The Kier molecular flexibility index (Phi) is 3.48. The van der Waals surface area contributed by atoms with Crippen LogP contribution in [0.15, 0.2) is 36.5 Å². The first kappa shape index (κ1) is 13.7. The van der Waals surface area contributed by atoms with E-state index in [1.807, 2.05) is 0 Å². The van der Waals surface area contributed by atoms with Crippen molar-refractivity contribution < 1.29 is 18.0 Å². The normalized spacial score (nSPS) is 10.9. The molecule has 2 aromatic rings. The van der Waals surface area contributed by atoms with Gasteiger partial charge in [-0.2, -0.15) is 18.4 Å². The van der Waals surface area contributed by atoms with Crippen LogP contribution in [0.5, 0.6) is 0 Å². The number of rotatable bonds is 2. The Morgan fingerprint density at radius 1 is 1.30 bits per heavy atom. The van der Waals surface area contributed by atoms with Crippen molar-refractivity contribution in [3.63, 3.8) is 0 Å². The van der Waals surface area contributed by atoms with Crippen LogP contribution >= 0.6 is 0 Å². The highest BCUT2D eigenvalue weighted by molar-refractivity contribution is 6.03. The maximum atomic E-state index is 12.8. The third kappa shape index (κ3) is 2.80. The Balaban J connectivity index is 2.31. The van der Waals surface area contributed by atoms with Crippen LogP contribution in [0, 0.1) is 11.3 Å². The van der Waals surface area contributed by atoms with Gasteiger partial charge in [0.25, 0.3) is 5.91 Å². The van der Waals surface area contributed by atoms with Crippen molar-refractivity contribution in [2.24, 2.45) is 0 Å². The molecule has 7 heteroatoms. The van der Waals surface area contributed by atoms with E-state index in [-0.39, 0.29) is 11.4 Å². The molecule has 0 fully saturated rings. The molecule has 0 saturated carbocycles. The first-order chi connectivity index (χ1) is 9.41. The zero-order valence-electron chi connectivity index (χ0n) is 9.95. The molecule has 1 amide bonds. The molecule has 102 valence electrons. The van der Waals surface area contributed by atoms with Gasteiger partial charge < -0.3 is 10.3 Å². The minimum Gasteiger partial charge on any atom is -0.357 e. The fourth-order valence-corrected chi connectivity index (χ4v) is 1.62. The minimum atomic E-state index is -4.65. The smallest absolute Gasteiger partial charge is 0.357 e. The van der Waals surface area contributed by atoms with Crippen LogP contribution in [0.25, 0.3) is 0 Å². The summed E-state index contributed by atoms with van der Waals surface area (Å²) in [5.74, 6) is -0.562. The number of aromatic amines is 1. The quantitative estimate of drug-likeness (QED) is 0.886. The van der Waals surface area contributed by atoms with E-state index < -0.39 is 23.2 Å². The van der Waals surface area contributed by atoms with Gasteiger partial charge in [0.2, 0.25) is 0 Å². The van der Waals surface area contributed by atoms with Gasteiger partial charge in [0, 0.05) is 11.9 Å². The average Bonchev–Trinajstić information content (AvgIpc) is 2.91. The lowest BCUT2D eigenvalue weighted by Crippen LogP contribution is -2.14. The largest absolute Gasteiger partial charge is 0.417 e. The highest BCUT2D eigenvalue weighted by Gasteiger charge is 2.33. The van der Waals surface area contributed by atoms with Gasteiger partial charge in [-0.25, -0.2) is 0 Å². The Morgan fingerprint density at radius 3 is 2.60 bits per heavy atom. The second-order valence-corrected chi connectivity index (χ2v) is 3.91. The number of carbonyl (C=O) groups excluding carboxylic acids is 1. The maximum Gasteiger partial charge on any atom is 0.417 e. The third-order valence-electron chi connectivity index (χ3n) is 2.55. The predicted molar refractivity (Wildman–Crippen MR) is 64.9 cm³/mol. The molecule has 0 bridgehead atoms. The van der Waals surface area contributed by atoms with E-state index in [0.29, 0.717) is 0 Å². The number of nitrogens with one attached hydrogen (secondary N) is 2. The van der Waals surface area contributed by atoms with Crippen molar-refractivity contribution in [3.05, 3.63) is 53.3 Å². The van der Waals surface area contributed by atoms with Crippen molar-refractivity contribution in [2.45, 2.75) is 6.18 Å². The molecule has 1 aromatic heterocycles. The second kappa shape index (κ2) is 5.09. The molecule has 0 atom stereocenters. The van der Waals surface area contributed by atoms with Crippen molar-refractivity contribution in [1.82, 2.24) is 4.98 Å². The molecule has 1 aromatic carbocycles. The molecule has 4 nitrogen and oxygen atoms in total. The molecule has 20 heavy (non-hydrogen) atoms. The number of aromatic nitrogens is 1. The molecular weight excluding hydrogens is 271 g/mol. The average molecular weight is 279 g/mol. The van der Waals surface area contributed by atoms with E-state index in [0.717, 1.165) is 12.1 Å². The minimum absolute atomic E-state index is 0.0316. The number of carbonyl (C=O) groups is 1. The Morgan fingerprint density at radius 2 is 2.05 bits per heavy atom. The number of alkyl halides is 3. The summed E-state index contributed by atoms with van der Waals surface area (Å²) in [6, 6.07) is 7.55. The molecule has 0 aliphatic carbocycles. The van der Waals surface area contributed by atoms with Crippen LogP contribution in [-0.2, 0) is 6.18 Å². The summed E-state index contributed by atoms with van der Waals surface area (Å²) in [6.07, 6.45) is -3.13. The van der Waals surface area contributed by atoms with Gasteiger partial charge in [0.05, 0.1) is 17.2 Å². The fraction of sp³-hybridized carbons (Fsp3) is 0.0769. The van der Waals surface area contributed by atoms with E-state index in [1.54, 1.807) is 6.07 Å². The number of H-pyrrole nitrogens is 1. The lowest BCUT2D eigenvalue weighted by molar-refractivity contribution is -0.137. The first-order valence-electron chi connectivity index (χ1n) is 5.48. The van der Waals surface area contributed by atoms with E-state index in [1.165, 1.54) is 24.4 Å². The number of hydrogen-bond donors (Lipinski definition) is 2.